The van der Waals surface area contributed by atoms with Gasteiger partial charge >= 0.3 is 12.1 Å². The molecule has 1 heterocycles. The third-order valence-electron chi connectivity index (χ3n) is 5.66. The molecule has 5 rings (SSSR count). The van der Waals surface area contributed by atoms with Gasteiger partial charge in [0, 0.05) is 12.0 Å². The lowest BCUT2D eigenvalue weighted by molar-refractivity contribution is 0.0701. The number of halogens is 1. The van der Waals surface area contributed by atoms with Crippen LogP contribution < -0.4 is 4.90 Å². The quantitative estimate of drug-likeness (QED) is 0.497. The number of carboxylic acid groups (broad SMARTS) is 1. The molecule has 0 atom stereocenters. The lowest BCUT2D eigenvalue weighted by atomic mass is 9.98. The smallest absolute Gasteiger partial charge is 0.416 e. The van der Waals surface area contributed by atoms with Crippen molar-refractivity contribution in [3.05, 3.63) is 70.2 Å². The van der Waals surface area contributed by atoms with Crippen molar-refractivity contribution in [3.8, 4) is 11.1 Å². The number of hydrogen-bond acceptors (Lipinski definition) is 5. The van der Waals surface area contributed by atoms with Crippen molar-refractivity contribution in [3.63, 3.8) is 0 Å². The molecule has 2 aliphatic carbocycles. The lowest BCUT2D eigenvalue weighted by Gasteiger charge is -2.21. The summed E-state index contributed by atoms with van der Waals surface area (Å²) in [6.45, 7) is 0.204. The summed E-state index contributed by atoms with van der Waals surface area (Å²) in [6, 6.07) is 16.3. The van der Waals surface area contributed by atoms with E-state index in [1.807, 2.05) is 24.3 Å². The van der Waals surface area contributed by atoms with E-state index in [4.69, 9.17) is 16.3 Å². The zero-order valence-corrected chi connectivity index (χ0v) is 18.0. The van der Waals surface area contributed by atoms with E-state index in [1.165, 1.54) is 4.90 Å². The molecule has 1 N–H and O–H groups in total. The lowest BCUT2D eigenvalue weighted by Crippen LogP contribution is -2.34. The average Bonchev–Trinajstić information content (AvgIpc) is 3.43. The average molecular weight is 455 g/mol. The molecule has 3 aromatic rings. The highest BCUT2D eigenvalue weighted by Gasteiger charge is 2.38. The number of rotatable bonds is 6. The first-order valence-corrected chi connectivity index (χ1v) is 11.4. The summed E-state index contributed by atoms with van der Waals surface area (Å²) in [7, 11) is 0. The molecule has 0 spiro atoms. The van der Waals surface area contributed by atoms with Gasteiger partial charge in [-0.3, -0.25) is 0 Å². The van der Waals surface area contributed by atoms with E-state index in [-0.39, 0.29) is 35.0 Å². The van der Waals surface area contributed by atoms with Crippen LogP contribution in [0.2, 0.25) is 0 Å². The Bertz CT molecular complexity index is 1130. The third kappa shape index (κ3) is 3.58. The van der Waals surface area contributed by atoms with Crippen molar-refractivity contribution in [2.45, 2.75) is 30.7 Å². The van der Waals surface area contributed by atoms with Crippen LogP contribution in [0, 0.1) is 0 Å². The number of alkyl halides is 1. The van der Waals surface area contributed by atoms with Gasteiger partial charge in [0.15, 0.2) is 5.13 Å². The number of anilines is 1. The fraction of sp³-hybridized carbons (Fsp3) is 0.261. The Balaban J connectivity index is 1.39. The fourth-order valence-electron chi connectivity index (χ4n) is 4.08. The molecule has 0 saturated heterocycles. The monoisotopic (exact) mass is 454 g/mol. The molecule has 0 unspecified atom stereocenters. The van der Waals surface area contributed by atoms with Crippen LogP contribution in [0.15, 0.2) is 48.5 Å². The summed E-state index contributed by atoms with van der Waals surface area (Å²) in [4.78, 5) is 30.4. The van der Waals surface area contributed by atoms with Gasteiger partial charge in [-0.2, -0.15) is 0 Å². The Morgan fingerprint density at radius 1 is 1.10 bits per heavy atom. The zero-order chi connectivity index (χ0) is 21.5. The number of aromatic carboxylic acids is 1. The van der Waals surface area contributed by atoms with Gasteiger partial charge in [0.1, 0.15) is 11.5 Å². The minimum absolute atomic E-state index is 0.0216. The highest BCUT2D eigenvalue weighted by Crippen LogP contribution is 2.45. The number of nitrogens with zero attached hydrogens (tertiary/aromatic N) is 2. The van der Waals surface area contributed by atoms with Crippen molar-refractivity contribution < 1.29 is 19.4 Å². The predicted molar refractivity (Wildman–Crippen MR) is 119 cm³/mol. The molecule has 31 heavy (non-hydrogen) atoms. The minimum atomic E-state index is -1.09. The van der Waals surface area contributed by atoms with Gasteiger partial charge in [-0.1, -0.05) is 59.9 Å². The normalized spacial score (nSPS) is 14.7. The Morgan fingerprint density at radius 3 is 2.23 bits per heavy atom. The second-order valence-electron chi connectivity index (χ2n) is 7.62. The molecule has 2 aliphatic rings. The molecule has 0 radical (unpaired) electrons. The largest absolute Gasteiger partial charge is 0.477 e. The van der Waals surface area contributed by atoms with Crippen LogP contribution in [0.25, 0.3) is 11.1 Å². The highest BCUT2D eigenvalue weighted by molar-refractivity contribution is 7.17. The van der Waals surface area contributed by atoms with Crippen LogP contribution in [0.5, 0.6) is 0 Å². The van der Waals surface area contributed by atoms with Gasteiger partial charge in [-0.15, -0.1) is 11.6 Å². The number of thiazole rings is 1. The number of fused-ring (bicyclic) bond motifs is 3. The molecule has 0 aliphatic heterocycles. The first kappa shape index (κ1) is 20.0. The van der Waals surface area contributed by atoms with Crippen LogP contribution in [-0.4, -0.2) is 34.8 Å². The number of amides is 1. The van der Waals surface area contributed by atoms with Crippen molar-refractivity contribution in [2.24, 2.45) is 0 Å². The number of aromatic nitrogens is 1. The maximum Gasteiger partial charge on any atom is 0.416 e. The number of ether oxygens (including phenoxy) is 1. The molecule has 8 heteroatoms. The van der Waals surface area contributed by atoms with E-state index in [2.05, 4.69) is 29.2 Å². The Morgan fingerprint density at radius 2 is 1.71 bits per heavy atom. The Labute approximate surface area is 188 Å². The van der Waals surface area contributed by atoms with Crippen molar-refractivity contribution in [2.75, 3.05) is 11.5 Å². The molecule has 158 valence electrons. The Hall–Kier alpha value is -2.90. The Kier molecular flexibility index (Phi) is 5.16. The van der Waals surface area contributed by atoms with Gasteiger partial charge in [-0.05, 0) is 35.1 Å². The van der Waals surface area contributed by atoms with Gasteiger partial charge in [0.2, 0.25) is 0 Å². The standard InChI is InChI=1S/C23H19ClN2O4S/c24-11-19-20(21(27)28)31-22(25-19)26(13-9-10-13)23(29)30-12-18-16-7-3-1-5-14(16)15-6-2-4-8-17(15)18/h1-8,13,18H,9-12H2,(H,27,28). The summed E-state index contributed by atoms with van der Waals surface area (Å²) in [5, 5.41) is 9.72. The van der Waals surface area contributed by atoms with Crippen molar-refractivity contribution >= 4 is 40.1 Å². The molecule has 6 nitrogen and oxygen atoms in total. The molecule has 1 aromatic heterocycles. The maximum absolute atomic E-state index is 13.1. The molecule has 2 aromatic carbocycles. The van der Waals surface area contributed by atoms with Crippen LogP contribution in [0.1, 0.15) is 45.3 Å². The van der Waals surface area contributed by atoms with E-state index in [9.17, 15) is 14.7 Å². The zero-order valence-electron chi connectivity index (χ0n) is 16.5. The van der Waals surface area contributed by atoms with Gasteiger partial charge in [0.25, 0.3) is 0 Å². The first-order valence-electron chi connectivity index (χ1n) is 10.0. The van der Waals surface area contributed by atoms with Gasteiger partial charge in [-0.25, -0.2) is 19.5 Å². The fourth-order valence-corrected chi connectivity index (χ4v) is 5.34. The second kappa shape index (κ2) is 7.98. The van der Waals surface area contributed by atoms with Crippen LogP contribution in [-0.2, 0) is 10.6 Å². The second-order valence-corrected chi connectivity index (χ2v) is 8.86. The van der Waals surface area contributed by atoms with Gasteiger partial charge in [0.05, 0.1) is 11.6 Å². The summed E-state index contributed by atoms with van der Waals surface area (Å²) in [5.41, 5.74) is 4.88. The molecule has 1 amide bonds. The molecular weight excluding hydrogens is 436 g/mol. The molecule has 1 saturated carbocycles. The summed E-state index contributed by atoms with van der Waals surface area (Å²) in [6.07, 6.45) is 1.17. The maximum atomic E-state index is 13.1. The summed E-state index contributed by atoms with van der Waals surface area (Å²) in [5.74, 6) is -1.16. The van der Waals surface area contributed by atoms with E-state index in [0.717, 1.165) is 46.4 Å². The first-order chi connectivity index (χ1) is 15.1. The van der Waals surface area contributed by atoms with Gasteiger partial charge < -0.3 is 9.84 Å². The predicted octanol–water partition coefficient (Wildman–Crippen LogP) is 5.50. The molecule has 0 bridgehead atoms. The highest BCUT2D eigenvalue weighted by atomic mass is 35.5. The molecule has 1 fully saturated rings. The van der Waals surface area contributed by atoms with E-state index >= 15 is 0 Å². The summed E-state index contributed by atoms with van der Waals surface area (Å²) >= 11 is 6.82. The minimum Gasteiger partial charge on any atom is -0.477 e. The van der Waals surface area contributed by atoms with E-state index in [0.29, 0.717) is 5.13 Å². The SMILES string of the molecule is O=C(O)c1sc(N(C(=O)OCC2c3ccccc3-c3ccccc32)C2CC2)nc1CCl. The van der Waals surface area contributed by atoms with E-state index < -0.39 is 12.1 Å². The number of benzene rings is 2. The van der Waals surface area contributed by atoms with Crippen LogP contribution in [0.3, 0.4) is 0 Å². The van der Waals surface area contributed by atoms with Crippen molar-refractivity contribution in [1.29, 1.82) is 0 Å². The van der Waals surface area contributed by atoms with E-state index in [1.54, 1.807) is 0 Å². The molecular formula is C23H19ClN2O4S. The number of carboxylic acids is 1. The third-order valence-corrected chi connectivity index (χ3v) is 7.00. The number of carbonyl (C=O) groups excluding carboxylic acids is 1. The van der Waals surface area contributed by atoms with Crippen LogP contribution in [0.4, 0.5) is 9.93 Å². The number of carbonyl (C=O) groups is 2. The van der Waals surface area contributed by atoms with Crippen molar-refractivity contribution in [1.82, 2.24) is 4.98 Å². The summed E-state index contributed by atoms with van der Waals surface area (Å²) < 4.78 is 5.77. The number of hydrogen-bond donors (Lipinski definition) is 1. The van der Waals surface area contributed by atoms with Crippen LogP contribution >= 0.6 is 22.9 Å². The topological polar surface area (TPSA) is 79.7 Å².